The molecule has 0 saturated carbocycles. The highest BCUT2D eigenvalue weighted by molar-refractivity contribution is 5.49. The minimum atomic E-state index is 0.187. The fraction of sp³-hybridized carbons (Fsp3) is 0.400. The third-order valence-corrected chi connectivity index (χ3v) is 4.64. The van der Waals surface area contributed by atoms with Crippen LogP contribution in [-0.4, -0.2) is 19.8 Å². The summed E-state index contributed by atoms with van der Waals surface area (Å²) in [4.78, 5) is 0. The lowest BCUT2D eigenvalue weighted by Gasteiger charge is -2.36. The van der Waals surface area contributed by atoms with Crippen molar-refractivity contribution in [3.05, 3.63) is 59.2 Å². The van der Waals surface area contributed by atoms with Crippen LogP contribution in [0.3, 0.4) is 0 Å². The van der Waals surface area contributed by atoms with E-state index in [0.29, 0.717) is 6.04 Å². The monoisotopic (exact) mass is 312 g/mol. The number of methoxy groups -OCH3 is 2. The summed E-state index contributed by atoms with van der Waals surface area (Å²) in [5, 5.41) is 2.49. The van der Waals surface area contributed by atoms with Crippen LogP contribution in [0.5, 0.6) is 11.5 Å². The van der Waals surface area contributed by atoms with Crippen molar-refractivity contribution < 1.29 is 14.8 Å². The summed E-state index contributed by atoms with van der Waals surface area (Å²) >= 11 is 0. The summed E-state index contributed by atoms with van der Waals surface area (Å²) in [7, 11) is 3.40. The number of fused-ring (bicyclic) bond motifs is 1. The third kappa shape index (κ3) is 3.35. The highest BCUT2D eigenvalue weighted by Crippen LogP contribution is 2.36. The first-order valence-corrected chi connectivity index (χ1v) is 8.17. The average Bonchev–Trinajstić information content (AvgIpc) is 2.53. The molecule has 1 atom stereocenters. The maximum absolute atomic E-state index is 5.51. The predicted molar refractivity (Wildman–Crippen MR) is 92.1 cm³/mol. The van der Waals surface area contributed by atoms with Crippen molar-refractivity contribution in [3.63, 3.8) is 0 Å². The number of benzene rings is 2. The molecule has 1 unspecified atom stereocenters. The van der Waals surface area contributed by atoms with Crippen molar-refractivity contribution in [2.45, 2.75) is 38.3 Å². The first-order chi connectivity index (χ1) is 11.0. The maximum Gasteiger partial charge on any atom is 0.161 e. The van der Waals surface area contributed by atoms with Gasteiger partial charge in [-0.2, -0.15) is 0 Å². The van der Waals surface area contributed by atoms with E-state index in [4.69, 9.17) is 9.47 Å². The lowest BCUT2D eigenvalue weighted by Crippen LogP contribution is -2.98. The van der Waals surface area contributed by atoms with Gasteiger partial charge in [-0.05, 0) is 37.1 Å². The van der Waals surface area contributed by atoms with Crippen molar-refractivity contribution in [1.29, 1.82) is 0 Å². The Morgan fingerprint density at radius 2 is 1.70 bits per heavy atom. The van der Waals surface area contributed by atoms with Gasteiger partial charge in [0.15, 0.2) is 11.5 Å². The van der Waals surface area contributed by atoms with Crippen molar-refractivity contribution in [3.8, 4) is 11.5 Å². The zero-order valence-corrected chi connectivity index (χ0v) is 14.4. The van der Waals surface area contributed by atoms with Gasteiger partial charge in [0.2, 0.25) is 0 Å². The molecule has 1 aliphatic rings. The number of ether oxygens (including phenoxy) is 2. The number of nitrogens with two attached hydrogens (primary N) is 1. The van der Waals surface area contributed by atoms with Crippen LogP contribution in [0.15, 0.2) is 42.5 Å². The van der Waals surface area contributed by atoms with Gasteiger partial charge < -0.3 is 14.8 Å². The number of quaternary nitrogens is 1. The van der Waals surface area contributed by atoms with Gasteiger partial charge in [0.05, 0.1) is 19.8 Å². The summed E-state index contributed by atoms with van der Waals surface area (Å²) in [5.74, 6) is 1.64. The van der Waals surface area contributed by atoms with E-state index in [-0.39, 0.29) is 5.54 Å². The lowest BCUT2D eigenvalue weighted by molar-refractivity contribution is -0.760. The van der Waals surface area contributed by atoms with Gasteiger partial charge in [0.25, 0.3) is 0 Å². The Morgan fingerprint density at radius 1 is 1.04 bits per heavy atom. The normalized spacial score (nSPS) is 19.0. The molecule has 0 saturated heterocycles. The summed E-state index contributed by atoms with van der Waals surface area (Å²) < 4.78 is 11.0. The van der Waals surface area contributed by atoms with Crippen LogP contribution in [-0.2, 0) is 12.8 Å². The zero-order chi connectivity index (χ0) is 16.4. The van der Waals surface area contributed by atoms with Crippen LogP contribution in [0.1, 0.15) is 36.6 Å². The van der Waals surface area contributed by atoms with Gasteiger partial charge in [-0.3, -0.25) is 0 Å². The fourth-order valence-corrected chi connectivity index (χ4v) is 3.66. The largest absolute Gasteiger partial charge is 0.493 e. The highest BCUT2D eigenvalue weighted by Gasteiger charge is 2.36. The maximum atomic E-state index is 5.51. The molecule has 0 radical (unpaired) electrons. The van der Waals surface area contributed by atoms with E-state index in [1.807, 2.05) is 0 Å². The molecule has 0 amide bonds. The molecule has 2 aromatic carbocycles. The minimum absolute atomic E-state index is 0.187. The van der Waals surface area contributed by atoms with Crippen molar-refractivity contribution in [1.82, 2.24) is 0 Å². The van der Waals surface area contributed by atoms with Gasteiger partial charge in [0, 0.05) is 18.4 Å². The molecule has 2 N–H and O–H groups in total. The first-order valence-electron chi connectivity index (χ1n) is 8.17. The zero-order valence-electron chi connectivity index (χ0n) is 14.4. The molecule has 2 aromatic rings. The van der Waals surface area contributed by atoms with Crippen LogP contribution in [0.25, 0.3) is 0 Å². The Bertz CT molecular complexity index is 680. The van der Waals surface area contributed by atoms with Gasteiger partial charge in [-0.25, -0.2) is 0 Å². The van der Waals surface area contributed by atoms with Crippen LogP contribution in [0.2, 0.25) is 0 Å². The van der Waals surface area contributed by atoms with E-state index in [1.165, 1.54) is 16.7 Å². The van der Waals surface area contributed by atoms with Crippen molar-refractivity contribution in [2.24, 2.45) is 0 Å². The molecule has 122 valence electrons. The quantitative estimate of drug-likeness (QED) is 0.942. The highest BCUT2D eigenvalue weighted by atomic mass is 16.5. The molecule has 3 rings (SSSR count). The Balaban J connectivity index is 2.01. The van der Waals surface area contributed by atoms with E-state index in [2.05, 4.69) is 61.6 Å². The summed E-state index contributed by atoms with van der Waals surface area (Å²) in [6, 6.07) is 15.4. The van der Waals surface area contributed by atoms with Gasteiger partial charge >= 0.3 is 0 Å². The minimum Gasteiger partial charge on any atom is -0.493 e. The van der Waals surface area contributed by atoms with Crippen LogP contribution in [0, 0.1) is 0 Å². The van der Waals surface area contributed by atoms with E-state index in [9.17, 15) is 0 Å². The van der Waals surface area contributed by atoms with Crippen LogP contribution in [0.4, 0.5) is 0 Å². The van der Waals surface area contributed by atoms with E-state index in [0.717, 1.165) is 24.3 Å². The molecule has 3 nitrogen and oxygen atoms in total. The van der Waals surface area contributed by atoms with Crippen LogP contribution < -0.4 is 14.8 Å². The molecular weight excluding hydrogens is 286 g/mol. The molecular formula is C20H26NO2+. The first kappa shape index (κ1) is 15.9. The second-order valence-electron chi connectivity index (χ2n) is 7.03. The van der Waals surface area contributed by atoms with E-state index in [1.54, 1.807) is 14.2 Å². The fourth-order valence-electron chi connectivity index (χ4n) is 3.66. The standard InChI is InChI=1S/C20H25NO2/c1-20(2)13-15-11-18(22-3)19(23-4)12-16(15)17(21-20)10-14-8-6-5-7-9-14/h5-9,11-12,17,21H,10,13H2,1-4H3/p+1. The molecule has 23 heavy (non-hydrogen) atoms. The molecule has 0 aliphatic carbocycles. The summed E-state index contributed by atoms with van der Waals surface area (Å²) in [6.45, 7) is 4.62. The lowest BCUT2D eigenvalue weighted by atomic mass is 9.81. The van der Waals surface area contributed by atoms with E-state index < -0.39 is 0 Å². The third-order valence-electron chi connectivity index (χ3n) is 4.64. The number of rotatable bonds is 4. The molecule has 1 aliphatic heterocycles. The Kier molecular flexibility index (Phi) is 4.31. The SMILES string of the molecule is COc1cc2c(cc1OC)C(Cc1ccccc1)[NH2+]C(C)(C)C2. The molecule has 0 aromatic heterocycles. The predicted octanol–water partition coefficient (Wildman–Crippen LogP) is 2.89. The average molecular weight is 312 g/mol. The van der Waals surface area contributed by atoms with Crippen molar-refractivity contribution >= 4 is 0 Å². The smallest absolute Gasteiger partial charge is 0.161 e. The second-order valence-corrected chi connectivity index (χ2v) is 7.03. The molecule has 0 bridgehead atoms. The van der Waals surface area contributed by atoms with E-state index >= 15 is 0 Å². The summed E-state index contributed by atoms with van der Waals surface area (Å²) in [5.41, 5.74) is 4.29. The topological polar surface area (TPSA) is 35.1 Å². The Morgan fingerprint density at radius 3 is 2.35 bits per heavy atom. The van der Waals surface area contributed by atoms with Crippen molar-refractivity contribution in [2.75, 3.05) is 14.2 Å². The Labute approximate surface area is 138 Å². The van der Waals surface area contributed by atoms with Gasteiger partial charge in [-0.15, -0.1) is 0 Å². The van der Waals surface area contributed by atoms with Gasteiger partial charge in [-0.1, -0.05) is 30.3 Å². The Hall–Kier alpha value is -2.00. The molecule has 3 heteroatoms. The molecule has 0 fully saturated rings. The van der Waals surface area contributed by atoms with Crippen LogP contribution >= 0.6 is 0 Å². The molecule has 0 spiro atoms. The number of hydrogen-bond acceptors (Lipinski definition) is 2. The number of hydrogen-bond donors (Lipinski definition) is 1. The summed E-state index contributed by atoms with van der Waals surface area (Å²) in [6.07, 6.45) is 2.06. The molecule has 1 heterocycles. The van der Waals surface area contributed by atoms with Gasteiger partial charge in [0.1, 0.15) is 6.04 Å². The second kappa shape index (κ2) is 6.25.